The van der Waals surface area contributed by atoms with Crippen LogP contribution >= 0.6 is 23.5 Å². The minimum absolute atomic E-state index is 0.116. The van der Waals surface area contributed by atoms with E-state index in [9.17, 15) is 9.59 Å². The highest BCUT2D eigenvalue weighted by molar-refractivity contribution is 8.29. The molecule has 2 aliphatic heterocycles. The monoisotopic (exact) mass is 453 g/mol. The van der Waals surface area contributed by atoms with Gasteiger partial charge in [0.05, 0.1) is 12.3 Å². The number of ketones is 1. The van der Waals surface area contributed by atoms with Gasteiger partial charge in [0.2, 0.25) is 4.33 Å². The van der Waals surface area contributed by atoms with Crippen molar-refractivity contribution in [1.29, 1.82) is 0 Å². The maximum absolute atomic E-state index is 12.8. The van der Waals surface area contributed by atoms with Crippen LogP contribution in [0.2, 0.25) is 0 Å². The molecule has 0 amide bonds. The minimum Gasteiger partial charge on any atom is -0.462 e. The number of para-hydroxylation sites is 1. The largest absolute Gasteiger partial charge is 0.462 e. The molecule has 8 heteroatoms. The molecule has 0 saturated carbocycles. The summed E-state index contributed by atoms with van der Waals surface area (Å²) in [6, 6.07) is 17.8. The molecule has 0 radical (unpaired) electrons. The Labute approximate surface area is 190 Å². The Bertz CT molecular complexity index is 1080. The molecule has 1 unspecified atom stereocenters. The van der Waals surface area contributed by atoms with Crippen molar-refractivity contribution >= 4 is 51.7 Å². The lowest BCUT2D eigenvalue weighted by Crippen LogP contribution is -2.49. The molecule has 160 valence electrons. The van der Waals surface area contributed by atoms with Crippen molar-refractivity contribution in [2.75, 3.05) is 16.5 Å². The summed E-state index contributed by atoms with van der Waals surface area (Å²) in [5, 5.41) is 6.92. The number of hydrogen-bond donors (Lipinski definition) is 0. The molecule has 0 aromatic heterocycles. The Morgan fingerprint density at radius 2 is 1.68 bits per heavy atom. The Balaban J connectivity index is 1.89. The molecule has 4 rings (SSSR count). The number of benzene rings is 2. The van der Waals surface area contributed by atoms with Crippen LogP contribution in [0.15, 0.2) is 70.3 Å². The topological polar surface area (TPSA) is 62.2 Å². The van der Waals surface area contributed by atoms with Crippen LogP contribution in [-0.4, -0.2) is 27.7 Å². The summed E-state index contributed by atoms with van der Waals surface area (Å²) in [5.41, 5.74) is 3.62. The van der Waals surface area contributed by atoms with Gasteiger partial charge < -0.3 is 9.64 Å². The Kier molecular flexibility index (Phi) is 5.85. The van der Waals surface area contributed by atoms with Crippen molar-refractivity contribution in [2.45, 2.75) is 32.0 Å². The van der Waals surface area contributed by atoms with Crippen LogP contribution in [0.5, 0.6) is 0 Å². The molecule has 1 atom stereocenters. The van der Waals surface area contributed by atoms with Crippen molar-refractivity contribution < 1.29 is 14.3 Å². The average molecular weight is 454 g/mol. The Morgan fingerprint density at radius 1 is 1.00 bits per heavy atom. The van der Waals surface area contributed by atoms with Gasteiger partial charge in [-0.1, -0.05) is 47.7 Å². The highest BCUT2D eigenvalue weighted by Gasteiger charge is 2.57. The standard InChI is InChI=1S/C23H23N3O3S2/c1-5-29-22(28)20-16(3)25(18-9-7-6-8-10-18)23(30-20)26(24-21(31-23)17(4)27)19-13-11-15(2)12-14-19/h6-14H,5H2,1-4H3. The molecular weight excluding hydrogens is 430 g/mol. The Hall–Kier alpha value is -2.71. The molecule has 1 spiro atoms. The third-order valence-electron chi connectivity index (χ3n) is 4.92. The lowest BCUT2D eigenvalue weighted by molar-refractivity contribution is -0.137. The first-order valence-electron chi connectivity index (χ1n) is 9.95. The number of esters is 1. The van der Waals surface area contributed by atoms with E-state index < -0.39 is 4.33 Å². The smallest absolute Gasteiger partial charge is 0.346 e. The van der Waals surface area contributed by atoms with E-state index >= 15 is 0 Å². The fraction of sp³-hybridized carbons (Fsp3) is 0.261. The number of anilines is 2. The summed E-state index contributed by atoms with van der Waals surface area (Å²) in [4.78, 5) is 27.7. The summed E-state index contributed by atoms with van der Waals surface area (Å²) < 4.78 is 4.44. The van der Waals surface area contributed by atoms with Crippen LogP contribution in [0.25, 0.3) is 0 Å². The van der Waals surface area contributed by atoms with Gasteiger partial charge in [-0.3, -0.25) is 4.79 Å². The first kappa shape index (κ1) is 21.5. The van der Waals surface area contributed by atoms with Crippen molar-refractivity contribution in [3.8, 4) is 0 Å². The molecule has 0 fully saturated rings. The predicted molar refractivity (Wildman–Crippen MR) is 128 cm³/mol. The summed E-state index contributed by atoms with van der Waals surface area (Å²) in [6.45, 7) is 7.52. The average Bonchev–Trinajstić information content (AvgIpc) is 3.28. The van der Waals surface area contributed by atoms with E-state index in [-0.39, 0.29) is 11.8 Å². The lowest BCUT2D eigenvalue weighted by Gasteiger charge is -2.41. The van der Waals surface area contributed by atoms with Crippen molar-refractivity contribution in [3.05, 3.63) is 70.8 Å². The molecule has 2 aromatic rings. The van der Waals surface area contributed by atoms with Gasteiger partial charge in [-0.2, -0.15) is 5.10 Å². The van der Waals surface area contributed by atoms with Crippen LogP contribution < -0.4 is 9.91 Å². The highest BCUT2D eigenvalue weighted by Crippen LogP contribution is 2.60. The number of allylic oxidation sites excluding steroid dienone is 1. The number of Topliss-reactive ketones (excluding diaryl/α,β-unsaturated/α-hetero) is 1. The van der Waals surface area contributed by atoms with Crippen LogP contribution in [-0.2, 0) is 14.3 Å². The highest BCUT2D eigenvalue weighted by atomic mass is 32.2. The molecule has 2 aliphatic rings. The third-order valence-corrected chi connectivity index (χ3v) is 7.90. The van der Waals surface area contributed by atoms with Gasteiger partial charge in [-0.15, -0.1) is 0 Å². The van der Waals surface area contributed by atoms with Crippen molar-refractivity contribution in [2.24, 2.45) is 5.10 Å². The predicted octanol–water partition coefficient (Wildman–Crippen LogP) is 5.11. The second kappa shape index (κ2) is 8.43. The van der Waals surface area contributed by atoms with Gasteiger partial charge in [0.25, 0.3) is 0 Å². The summed E-state index contributed by atoms with van der Waals surface area (Å²) in [5.74, 6) is -0.488. The fourth-order valence-corrected chi connectivity index (χ4v) is 6.43. The number of carbonyl (C=O) groups excluding carboxylic acids is 2. The van der Waals surface area contributed by atoms with Gasteiger partial charge in [-0.05, 0) is 56.8 Å². The minimum atomic E-state index is -0.899. The van der Waals surface area contributed by atoms with Gasteiger partial charge in [0.1, 0.15) is 4.91 Å². The van der Waals surface area contributed by atoms with E-state index in [1.807, 2.05) is 73.5 Å². The SMILES string of the molecule is CCOC(=O)C1=C(C)N(c2ccccc2)C2(SC(C(C)=O)=NN2c2ccc(C)cc2)S1. The van der Waals surface area contributed by atoms with E-state index in [0.717, 1.165) is 22.6 Å². The first-order valence-corrected chi connectivity index (χ1v) is 11.6. The zero-order chi connectivity index (χ0) is 22.2. The quantitative estimate of drug-likeness (QED) is 0.583. The van der Waals surface area contributed by atoms with Crippen molar-refractivity contribution in [1.82, 2.24) is 0 Å². The van der Waals surface area contributed by atoms with Crippen LogP contribution in [0.1, 0.15) is 26.3 Å². The lowest BCUT2D eigenvalue weighted by atomic mass is 10.2. The molecule has 0 aliphatic carbocycles. The van der Waals surface area contributed by atoms with Gasteiger partial charge in [-0.25, -0.2) is 9.80 Å². The molecule has 2 aromatic carbocycles. The molecule has 31 heavy (non-hydrogen) atoms. The molecule has 0 saturated heterocycles. The van der Waals surface area contributed by atoms with Gasteiger partial charge in [0.15, 0.2) is 10.8 Å². The summed E-state index contributed by atoms with van der Waals surface area (Å²) >= 11 is 2.71. The number of carbonyl (C=O) groups is 2. The molecule has 0 N–H and O–H groups in total. The maximum Gasteiger partial charge on any atom is 0.346 e. The number of hydrazone groups is 1. The molecule has 6 nitrogen and oxygen atoms in total. The number of ether oxygens (including phenoxy) is 1. The molecular formula is C23H23N3O3S2. The van der Waals surface area contributed by atoms with E-state index in [0.29, 0.717) is 16.6 Å². The van der Waals surface area contributed by atoms with E-state index in [4.69, 9.17) is 9.84 Å². The van der Waals surface area contributed by atoms with Crippen LogP contribution in [0.4, 0.5) is 11.4 Å². The van der Waals surface area contributed by atoms with Crippen LogP contribution in [0.3, 0.4) is 0 Å². The number of rotatable bonds is 5. The summed E-state index contributed by atoms with van der Waals surface area (Å²) in [7, 11) is 0. The fourth-order valence-electron chi connectivity index (χ4n) is 3.48. The van der Waals surface area contributed by atoms with Gasteiger partial charge >= 0.3 is 5.97 Å². The molecule has 2 heterocycles. The number of hydrogen-bond acceptors (Lipinski definition) is 8. The Morgan fingerprint density at radius 3 is 2.29 bits per heavy atom. The number of nitrogens with zero attached hydrogens (tertiary/aromatic N) is 3. The zero-order valence-electron chi connectivity index (χ0n) is 17.8. The first-order chi connectivity index (χ1) is 14.9. The van der Waals surface area contributed by atoms with Gasteiger partial charge in [0, 0.05) is 18.3 Å². The second-order valence-corrected chi connectivity index (χ2v) is 9.77. The van der Waals surface area contributed by atoms with E-state index in [1.54, 1.807) is 6.92 Å². The number of thioether (sulfide) groups is 2. The normalized spacial score (nSPS) is 20.5. The number of aryl methyl sites for hydroxylation is 1. The van der Waals surface area contributed by atoms with E-state index in [2.05, 4.69) is 4.90 Å². The summed E-state index contributed by atoms with van der Waals surface area (Å²) in [6.07, 6.45) is 0. The van der Waals surface area contributed by atoms with Crippen molar-refractivity contribution in [3.63, 3.8) is 0 Å². The van der Waals surface area contributed by atoms with Crippen LogP contribution in [0, 0.1) is 6.92 Å². The third kappa shape index (κ3) is 3.74. The zero-order valence-corrected chi connectivity index (χ0v) is 19.4. The maximum atomic E-state index is 12.8. The second-order valence-electron chi connectivity index (χ2n) is 7.17. The van der Waals surface area contributed by atoms with E-state index in [1.165, 1.54) is 30.4 Å². The molecule has 0 bridgehead atoms.